The molecule has 24 heavy (non-hydrogen) atoms. The van der Waals surface area contributed by atoms with Crippen LogP contribution in [0.15, 0.2) is 48.0 Å². The number of rotatable bonds is 4. The van der Waals surface area contributed by atoms with E-state index in [1.165, 1.54) is 24.6 Å². The van der Waals surface area contributed by atoms with E-state index >= 15 is 0 Å². The second-order valence-corrected chi connectivity index (χ2v) is 5.79. The Bertz CT molecular complexity index is 867. The van der Waals surface area contributed by atoms with Gasteiger partial charge in [0.1, 0.15) is 17.0 Å². The van der Waals surface area contributed by atoms with Crippen LogP contribution in [-0.2, 0) is 4.74 Å². The van der Waals surface area contributed by atoms with Gasteiger partial charge in [-0.2, -0.15) is 5.10 Å². The summed E-state index contributed by atoms with van der Waals surface area (Å²) in [6.07, 6.45) is 1.40. The van der Waals surface area contributed by atoms with Crippen molar-refractivity contribution in [2.45, 2.75) is 0 Å². The van der Waals surface area contributed by atoms with Crippen molar-refractivity contribution in [1.82, 2.24) is 9.78 Å². The van der Waals surface area contributed by atoms with Gasteiger partial charge in [0.2, 0.25) is 0 Å². The lowest BCUT2D eigenvalue weighted by molar-refractivity contribution is 0.0601. The molecule has 0 unspecified atom stereocenters. The molecule has 0 atom stereocenters. The van der Waals surface area contributed by atoms with Gasteiger partial charge in [0, 0.05) is 11.8 Å². The molecule has 0 radical (unpaired) electrons. The van der Waals surface area contributed by atoms with Crippen molar-refractivity contribution in [2.75, 3.05) is 14.2 Å². The van der Waals surface area contributed by atoms with Crippen molar-refractivity contribution in [1.29, 1.82) is 0 Å². The second kappa shape index (κ2) is 6.67. The highest BCUT2D eigenvalue weighted by Gasteiger charge is 2.22. The summed E-state index contributed by atoms with van der Waals surface area (Å²) in [4.78, 5) is 25.0. The van der Waals surface area contributed by atoms with Crippen LogP contribution in [0, 0.1) is 0 Å². The number of hydrogen-bond acceptors (Lipinski definition) is 6. The van der Waals surface area contributed by atoms with Gasteiger partial charge in [-0.05, 0) is 35.7 Å². The number of aromatic nitrogens is 2. The summed E-state index contributed by atoms with van der Waals surface area (Å²) in [6, 6.07) is 10.6. The minimum Gasteiger partial charge on any atom is -0.497 e. The highest BCUT2D eigenvalue weighted by molar-refractivity contribution is 7.12. The molecule has 6 nitrogen and oxygen atoms in total. The van der Waals surface area contributed by atoms with Crippen LogP contribution in [0.3, 0.4) is 0 Å². The lowest BCUT2D eigenvalue weighted by atomic mass is 10.1. The smallest absolute Gasteiger partial charge is 0.341 e. The van der Waals surface area contributed by atoms with Gasteiger partial charge in [-0.3, -0.25) is 4.79 Å². The Morgan fingerprint density at radius 3 is 2.46 bits per heavy atom. The Hall–Kier alpha value is -2.93. The molecular formula is C17H14N2O4S. The largest absolute Gasteiger partial charge is 0.497 e. The van der Waals surface area contributed by atoms with Crippen LogP contribution in [0.4, 0.5) is 0 Å². The number of thiophene rings is 1. The first-order valence-electron chi connectivity index (χ1n) is 7.04. The topological polar surface area (TPSA) is 70.4 Å². The summed E-state index contributed by atoms with van der Waals surface area (Å²) in [6.45, 7) is 0. The van der Waals surface area contributed by atoms with E-state index in [1.807, 2.05) is 5.38 Å². The molecule has 1 aromatic carbocycles. The van der Waals surface area contributed by atoms with E-state index in [0.717, 1.165) is 4.68 Å². The summed E-state index contributed by atoms with van der Waals surface area (Å²) < 4.78 is 11.1. The van der Waals surface area contributed by atoms with Gasteiger partial charge in [-0.25, -0.2) is 9.48 Å². The average Bonchev–Trinajstić information content (AvgIpc) is 3.30. The molecule has 0 amide bonds. The van der Waals surface area contributed by atoms with E-state index in [2.05, 4.69) is 5.10 Å². The van der Waals surface area contributed by atoms with Crippen molar-refractivity contribution < 1.29 is 19.1 Å². The molecule has 0 saturated carbocycles. The fourth-order valence-corrected chi connectivity index (χ4v) is 2.87. The van der Waals surface area contributed by atoms with Gasteiger partial charge >= 0.3 is 5.97 Å². The van der Waals surface area contributed by atoms with Crippen LogP contribution in [0.1, 0.15) is 20.0 Å². The zero-order valence-corrected chi connectivity index (χ0v) is 13.9. The molecule has 0 N–H and O–H groups in total. The number of carbonyl (C=O) groups excluding carboxylic acids is 2. The standard InChI is InChI=1S/C17H14N2O4S/c1-22-12-7-5-11(6-8-12)15-13(17(21)23-2)10-19(18-15)16(20)14-4-3-9-24-14/h3-10H,1-2H3. The summed E-state index contributed by atoms with van der Waals surface area (Å²) in [5, 5.41) is 6.10. The molecular weight excluding hydrogens is 328 g/mol. The predicted octanol–water partition coefficient (Wildman–Crippen LogP) is 3.10. The lowest BCUT2D eigenvalue weighted by Gasteiger charge is -2.03. The quantitative estimate of drug-likeness (QED) is 0.682. The van der Waals surface area contributed by atoms with Gasteiger partial charge in [0.15, 0.2) is 0 Å². The first kappa shape index (κ1) is 15.9. The average molecular weight is 342 g/mol. The minimum atomic E-state index is -0.550. The maximum absolute atomic E-state index is 12.5. The molecule has 3 aromatic rings. The van der Waals surface area contributed by atoms with E-state index in [-0.39, 0.29) is 11.5 Å². The first-order valence-corrected chi connectivity index (χ1v) is 7.92. The monoisotopic (exact) mass is 342 g/mol. The van der Waals surface area contributed by atoms with E-state index in [9.17, 15) is 9.59 Å². The molecule has 0 spiro atoms. The summed E-state index contributed by atoms with van der Waals surface area (Å²) >= 11 is 1.31. The first-order chi connectivity index (χ1) is 11.6. The summed E-state index contributed by atoms with van der Waals surface area (Å²) in [5.41, 5.74) is 1.30. The maximum Gasteiger partial charge on any atom is 0.341 e. The van der Waals surface area contributed by atoms with Crippen molar-refractivity contribution in [3.8, 4) is 17.0 Å². The van der Waals surface area contributed by atoms with Gasteiger partial charge in [-0.15, -0.1) is 11.3 Å². The zero-order chi connectivity index (χ0) is 17.1. The third-order valence-corrected chi connectivity index (χ3v) is 4.28. The Kier molecular flexibility index (Phi) is 4.43. The van der Waals surface area contributed by atoms with Gasteiger partial charge in [0.25, 0.3) is 5.91 Å². The third-order valence-electron chi connectivity index (χ3n) is 3.42. The highest BCUT2D eigenvalue weighted by Crippen LogP contribution is 2.25. The normalized spacial score (nSPS) is 10.4. The number of methoxy groups -OCH3 is 2. The van der Waals surface area contributed by atoms with Crippen molar-refractivity contribution in [2.24, 2.45) is 0 Å². The third kappa shape index (κ3) is 2.93. The molecule has 0 saturated heterocycles. The van der Waals surface area contributed by atoms with Crippen LogP contribution in [0.25, 0.3) is 11.3 Å². The van der Waals surface area contributed by atoms with Crippen LogP contribution < -0.4 is 4.74 Å². The number of hydrogen-bond donors (Lipinski definition) is 0. The number of carbonyl (C=O) groups is 2. The molecule has 2 aromatic heterocycles. The van der Waals surface area contributed by atoms with Crippen molar-refractivity contribution in [3.63, 3.8) is 0 Å². The number of ether oxygens (including phenoxy) is 2. The van der Waals surface area contributed by atoms with Crippen LogP contribution in [-0.4, -0.2) is 35.9 Å². The number of esters is 1. The summed E-state index contributed by atoms with van der Waals surface area (Å²) in [5.74, 6) is -0.159. The Labute approximate surface area is 142 Å². The Morgan fingerprint density at radius 2 is 1.88 bits per heavy atom. The van der Waals surface area contributed by atoms with E-state index in [1.54, 1.807) is 43.5 Å². The number of nitrogens with zero attached hydrogens (tertiary/aromatic N) is 2. The van der Waals surface area contributed by atoms with Gasteiger partial charge in [0.05, 0.1) is 19.1 Å². The SMILES string of the molecule is COC(=O)c1cn(C(=O)c2cccs2)nc1-c1ccc(OC)cc1. The van der Waals surface area contributed by atoms with E-state index in [0.29, 0.717) is 21.9 Å². The predicted molar refractivity (Wildman–Crippen MR) is 89.6 cm³/mol. The minimum absolute atomic E-state index is 0.229. The number of benzene rings is 1. The zero-order valence-electron chi connectivity index (χ0n) is 13.1. The second-order valence-electron chi connectivity index (χ2n) is 4.84. The van der Waals surface area contributed by atoms with Crippen LogP contribution in [0.5, 0.6) is 5.75 Å². The van der Waals surface area contributed by atoms with Crippen molar-refractivity contribution in [3.05, 3.63) is 58.4 Å². The van der Waals surface area contributed by atoms with Crippen molar-refractivity contribution >= 4 is 23.2 Å². The molecule has 3 rings (SSSR count). The fourth-order valence-electron chi connectivity index (χ4n) is 2.21. The molecule has 0 aliphatic heterocycles. The van der Waals surface area contributed by atoms with E-state index in [4.69, 9.17) is 9.47 Å². The van der Waals surface area contributed by atoms with Crippen LogP contribution in [0.2, 0.25) is 0 Å². The fraction of sp³-hybridized carbons (Fsp3) is 0.118. The maximum atomic E-state index is 12.5. The molecule has 0 aliphatic rings. The lowest BCUT2D eigenvalue weighted by Crippen LogP contribution is -2.11. The molecule has 0 aliphatic carbocycles. The Balaban J connectivity index is 2.06. The summed E-state index contributed by atoms with van der Waals surface area (Å²) in [7, 11) is 2.86. The molecule has 2 heterocycles. The van der Waals surface area contributed by atoms with Gasteiger partial charge in [-0.1, -0.05) is 6.07 Å². The van der Waals surface area contributed by atoms with E-state index < -0.39 is 5.97 Å². The van der Waals surface area contributed by atoms with Gasteiger partial charge < -0.3 is 9.47 Å². The Morgan fingerprint density at radius 1 is 1.12 bits per heavy atom. The highest BCUT2D eigenvalue weighted by atomic mass is 32.1. The molecule has 7 heteroatoms. The molecule has 122 valence electrons. The molecule has 0 bridgehead atoms. The van der Waals surface area contributed by atoms with Crippen LogP contribution >= 0.6 is 11.3 Å². The molecule has 0 fully saturated rings.